The molecule has 1 atom stereocenters. The molecule has 2 heteroatoms. The van der Waals surface area contributed by atoms with Gasteiger partial charge in [0.25, 0.3) is 0 Å². The van der Waals surface area contributed by atoms with E-state index in [4.69, 9.17) is 4.84 Å². The van der Waals surface area contributed by atoms with Crippen molar-refractivity contribution in [3.05, 3.63) is 35.9 Å². The van der Waals surface area contributed by atoms with E-state index in [0.717, 1.165) is 6.42 Å². The molecule has 2 nitrogen and oxygen atoms in total. The van der Waals surface area contributed by atoms with Gasteiger partial charge in [0.15, 0.2) is 0 Å². The van der Waals surface area contributed by atoms with Crippen molar-refractivity contribution in [1.29, 1.82) is 0 Å². The average molecular weight is 179 g/mol. The molecule has 0 saturated carbocycles. The first-order valence-electron chi connectivity index (χ1n) is 4.74. The van der Waals surface area contributed by atoms with Gasteiger partial charge in [-0.3, -0.25) is 4.84 Å². The van der Waals surface area contributed by atoms with Gasteiger partial charge in [-0.1, -0.05) is 37.3 Å². The Balaban J connectivity index is 2.20. The maximum absolute atomic E-state index is 5.32. The van der Waals surface area contributed by atoms with Crippen LogP contribution in [0, 0.1) is 0 Å². The molecule has 0 bridgehead atoms. The number of nitrogens with one attached hydrogen (secondary N) is 1. The Labute approximate surface area is 79.9 Å². The van der Waals surface area contributed by atoms with E-state index in [-0.39, 0.29) is 0 Å². The fourth-order valence-electron chi connectivity index (χ4n) is 0.925. The molecule has 0 spiro atoms. The summed E-state index contributed by atoms with van der Waals surface area (Å²) in [5.74, 6) is 0. The fraction of sp³-hybridized carbons (Fsp3) is 0.455. The molecule has 1 aromatic carbocycles. The van der Waals surface area contributed by atoms with Crippen molar-refractivity contribution in [3.63, 3.8) is 0 Å². The summed E-state index contributed by atoms with van der Waals surface area (Å²) in [7, 11) is 0. The van der Waals surface area contributed by atoms with Gasteiger partial charge in [0.2, 0.25) is 0 Å². The zero-order valence-electron chi connectivity index (χ0n) is 8.29. The third-order valence-electron chi connectivity index (χ3n) is 1.98. The number of hydrogen-bond donors (Lipinski definition) is 1. The van der Waals surface area contributed by atoms with E-state index in [1.165, 1.54) is 5.56 Å². The van der Waals surface area contributed by atoms with Crippen LogP contribution in [0.15, 0.2) is 30.3 Å². The number of hydroxylamine groups is 1. The largest absolute Gasteiger partial charge is 0.297 e. The second kappa shape index (κ2) is 5.73. The van der Waals surface area contributed by atoms with Crippen LogP contribution in [0.5, 0.6) is 0 Å². The SMILES string of the molecule is CCC(C)NOCc1ccccc1. The summed E-state index contributed by atoms with van der Waals surface area (Å²) >= 11 is 0. The van der Waals surface area contributed by atoms with Gasteiger partial charge in [0.1, 0.15) is 0 Å². The lowest BCUT2D eigenvalue weighted by Crippen LogP contribution is -2.25. The van der Waals surface area contributed by atoms with Gasteiger partial charge in [0.05, 0.1) is 6.61 Å². The molecule has 1 N–H and O–H groups in total. The van der Waals surface area contributed by atoms with E-state index in [0.29, 0.717) is 12.6 Å². The zero-order valence-corrected chi connectivity index (χ0v) is 8.29. The lowest BCUT2D eigenvalue weighted by Gasteiger charge is -2.10. The second-order valence-corrected chi connectivity index (χ2v) is 3.20. The lowest BCUT2D eigenvalue weighted by molar-refractivity contribution is 0.00681. The van der Waals surface area contributed by atoms with Gasteiger partial charge < -0.3 is 0 Å². The summed E-state index contributed by atoms with van der Waals surface area (Å²) in [4.78, 5) is 5.32. The van der Waals surface area contributed by atoms with Crippen molar-refractivity contribution in [2.24, 2.45) is 0 Å². The minimum Gasteiger partial charge on any atom is -0.297 e. The van der Waals surface area contributed by atoms with Crippen molar-refractivity contribution in [1.82, 2.24) is 5.48 Å². The van der Waals surface area contributed by atoms with E-state index in [1.54, 1.807) is 0 Å². The van der Waals surface area contributed by atoms with Crippen LogP contribution in [-0.2, 0) is 11.4 Å². The summed E-state index contributed by atoms with van der Waals surface area (Å²) < 4.78 is 0. The molecule has 72 valence electrons. The molecule has 1 unspecified atom stereocenters. The monoisotopic (exact) mass is 179 g/mol. The van der Waals surface area contributed by atoms with Crippen LogP contribution in [0.1, 0.15) is 25.8 Å². The van der Waals surface area contributed by atoms with Gasteiger partial charge in [-0.15, -0.1) is 0 Å². The summed E-state index contributed by atoms with van der Waals surface area (Å²) in [5, 5.41) is 0. The van der Waals surface area contributed by atoms with Crippen molar-refractivity contribution >= 4 is 0 Å². The predicted octanol–water partition coefficient (Wildman–Crippen LogP) is 2.51. The summed E-state index contributed by atoms with van der Waals surface area (Å²) in [6.45, 7) is 4.86. The maximum atomic E-state index is 5.32. The highest BCUT2D eigenvalue weighted by Crippen LogP contribution is 1.99. The van der Waals surface area contributed by atoms with Gasteiger partial charge in [-0.05, 0) is 18.9 Å². The second-order valence-electron chi connectivity index (χ2n) is 3.20. The molecule has 0 aromatic heterocycles. The highest BCUT2D eigenvalue weighted by molar-refractivity contribution is 5.13. The summed E-state index contributed by atoms with van der Waals surface area (Å²) in [5.41, 5.74) is 4.17. The van der Waals surface area contributed by atoms with Crippen LogP contribution in [-0.4, -0.2) is 6.04 Å². The minimum atomic E-state index is 0.420. The molecule has 0 radical (unpaired) electrons. The van der Waals surface area contributed by atoms with Crippen molar-refractivity contribution in [2.45, 2.75) is 32.9 Å². The third kappa shape index (κ3) is 4.06. The van der Waals surface area contributed by atoms with Crippen LogP contribution in [0.25, 0.3) is 0 Å². The van der Waals surface area contributed by atoms with E-state index in [2.05, 4.69) is 31.5 Å². The van der Waals surface area contributed by atoms with E-state index in [1.807, 2.05) is 18.2 Å². The Bertz CT molecular complexity index is 223. The van der Waals surface area contributed by atoms with Crippen molar-refractivity contribution < 1.29 is 4.84 Å². The zero-order chi connectivity index (χ0) is 9.52. The maximum Gasteiger partial charge on any atom is 0.0933 e. The van der Waals surface area contributed by atoms with Gasteiger partial charge in [0, 0.05) is 6.04 Å². The molecule has 0 heterocycles. The first-order chi connectivity index (χ1) is 6.33. The Morgan fingerprint density at radius 2 is 2.00 bits per heavy atom. The minimum absolute atomic E-state index is 0.420. The van der Waals surface area contributed by atoms with E-state index < -0.39 is 0 Å². The average Bonchev–Trinajstić information content (AvgIpc) is 2.19. The Morgan fingerprint density at radius 3 is 2.62 bits per heavy atom. The van der Waals surface area contributed by atoms with E-state index >= 15 is 0 Å². The molecule has 0 aliphatic rings. The number of hydrogen-bond acceptors (Lipinski definition) is 2. The first-order valence-corrected chi connectivity index (χ1v) is 4.74. The molecule has 0 aliphatic heterocycles. The van der Waals surface area contributed by atoms with Gasteiger partial charge in [-0.25, -0.2) is 0 Å². The summed E-state index contributed by atoms with van der Waals surface area (Å²) in [6, 6.07) is 10.6. The standard InChI is InChI=1S/C11H17NO/c1-3-10(2)12-13-9-11-7-5-4-6-8-11/h4-8,10,12H,3,9H2,1-2H3. The molecule has 13 heavy (non-hydrogen) atoms. The van der Waals surface area contributed by atoms with Gasteiger partial charge in [-0.2, -0.15) is 5.48 Å². The number of benzene rings is 1. The highest BCUT2D eigenvalue weighted by atomic mass is 16.6. The molecule has 1 rings (SSSR count). The quantitative estimate of drug-likeness (QED) is 0.701. The smallest absolute Gasteiger partial charge is 0.0933 e. The molecule has 0 amide bonds. The highest BCUT2D eigenvalue weighted by Gasteiger charge is 1.96. The molecule has 0 aliphatic carbocycles. The molecular weight excluding hydrogens is 162 g/mol. The normalized spacial score (nSPS) is 12.8. The van der Waals surface area contributed by atoms with Crippen LogP contribution in [0.4, 0.5) is 0 Å². The van der Waals surface area contributed by atoms with E-state index in [9.17, 15) is 0 Å². The molecule has 0 fully saturated rings. The number of rotatable bonds is 5. The first kappa shape index (κ1) is 10.2. The Kier molecular flexibility index (Phi) is 4.50. The van der Waals surface area contributed by atoms with Crippen LogP contribution in [0.2, 0.25) is 0 Å². The van der Waals surface area contributed by atoms with Crippen LogP contribution < -0.4 is 5.48 Å². The Morgan fingerprint density at radius 1 is 1.31 bits per heavy atom. The molecular formula is C11H17NO. The molecule has 0 saturated heterocycles. The summed E-state index contributed by atoms with van der Waals surface area (Å²) in [6.07, 6.45) is 1.08. The van der Waals surface area contributed by atoms with Crippen molar-refractivity contribution in [2.75, 3.05) is 0 Å². The van der Waals surface area contributed by atoms with Gasteiger partial charge >= 0.3 is 0 Å². The fourth-order valence-corrected chi connectivity index (χ4v) is 0.925. The third-order valence-corrected chi connectivity index (χ3v) is 1.98. The lowest BCUT2D eigenvalue weighted by atomic mass is 10.2. The molecule has 1 aromatic rings. The topological polar surface area (TPSA) is 21.3 Å². The Hall–Kier alpha value is -0.860. The van der Waals surface area contributed by atoms with Crippen LogP contribution >= 0.6 is 0 Å². The van der Waals surface area contributed by atoms with Crippen LogP contribution in [0.3, 0.4) is 0 Å². The predicted molar refractivity (Wildman–Crippen MR) is 54.1 cm³/mol. The van der Waals surface area contributed by atoms with Crippen molar-refractivity contribution in [3.8, 4) is 0 Å².